The minimum absolute atomic E-state index is 0. The summed E-state index contributed by atoms with van der Waals surface area (Å²) in [5.74, 6) is -2.74. The van der Waals surface area contributed by atoms with Crippen molar-refractivity contribution in [1.29, 1.82) is 0 Å². The molecule has 0 saturated heterocycles. The van der Waals surface area contributed by atoms with Crippen molar-refractivity contribution in [2.45, 2.75) is 157 Å². The van der Waals surface area contributed by atoms with Gasteiger partial charge in [-0.3, -0.25) is 0 Å². The number of aromatic carboxylic acids is 2. The van der Waals surface area contributed by atoms with Crippen LogP contribution in [0.4, 0.5) is 0 Å². The predicted octanol–water partition coefficient (Wildman–Crippen LogP) is 11.1. The number of esters is 2. The van der Waals surface area contributed by atoms with E-state index in [1.807, 2.05) is 125 Å². The molecule has 0 aliphatic rings. The van der Waals surface area contributed by atoms with E-state index < -0.39 is 56.4 Å². The molecule has 0 saturated carbocycles. The molecule has 0 aliphatic heterocycles. The van der Waals surface area contributed by atoms with Crippen molar-refractivity contribution in [3.8, 4) is 23.0 Å². The fourth-order valence-corrected chi connectivity index (χ4v) is 6.72. The molecule has 0 heterocycles. The molecule has 0 radical (unpaired) electrons. The topological polar surface area (TPSA) is 173 Å². The minimum atomic E-state index is -1.04. The normalized spacial score (nSPS) is 12.3. The van der Waals surface area contributed by atoms with Crippen LogP contribution in [0.25, 0.3) is 0 Å². The van der Waals surface area contributed by atoms with Crippen LogP contribution < -0.4 is 19.7 Å². The fraction of sp³-hybridized carbons (Fsp3) is 0.462. The summed E-state index contributed by atoms with van der Waals surface area (Å²) in [6, 6.07) is 15.4. The molecule has 4 aromatic rings. The molecule has 344 valence electrons. The van der Waals surface area contributed by atoms with Gasteiger partial charge in [-0.15, -0.1) is 11.5 Å². The Morgan fingerprint density at radius 3 is 0.778 bits per heavy atom. The van der Waals surface area contributed by atoms with E-state index in [1.54, 1.807) is 24.3 Å². The molecule has 0 amide bonds. The molecule has 0 unspecified atom stereocenters. The first kappa shape index (κ1) is 54.0. The van der Waals surface area contributed by atoms with Crippen molar-refractivity contribution >= 4 is 23.9 Å². The van der Waals surface area contributed by atoms with Gasteiger partial charge in [0, 0.05) is 11.1 Å². The van der Waals surface area contributed by atoms with Gasteiger partial charge < -0.3 is 29.9 Å². The smallest absolute Gasteiger partial charge is 0.872 e. The maximum Gasteiger partial charge on any atom is 2.00 e. The molecule has 2 N–H and O–H groups in total. The van der Waals surface area contributed by atoms with Crippen LogP contribution in [0.1, 0.15) is 199 Å². The van der Waals surface area contributed by atoms with Gasteiger partial charge in [0.05, 0.1) is 22.3 Å². The molecule has 0 fully saturated rings. The molecule has 11 heteroatoms. The van der Waals surface area contributed by atoms with Gasteiger partial charge in [-0.05, 0) is 115 Å². The van der Waals surface area contributed by atoms with Crippen LogP contribution in [0.3, 0.4) is 0 Å². The van der Waals surface area contributed by atoms with Gasteiger partial charge in [0.1, 0.15) is 11.5 Å². The van der Waals surface area contributed by atoms with E-state index >= 15 is 0 Å². The van der Waals surface area contributed by atoms with Crippen molar-refractivity contribution < 1.29 is 65.6 Å². The summed E-state index contributed by atoms with van der Waals surface area (Å²) < 4.78 is 11.5. The number of benzene rings is 4. The van der Waals surface area contributed by atoms with Crippen LogP contribution in [0.2, 0.25) is 0 Å². The Hall–Kier alpha value is -5.15. The zero-order valence-corrected chi connectivity index (χ0v) is 41.2. The summed E-state index contributed by atoms with van der Waals surface area (Å²) in [6.07, 6.45) is 0. The van der Waals surface area contributed by atoms with Crippen molar-refractivity contribution in [2.75, 3.05) is 0 Å². The monoisotopic (exact) mass is 908 g/mol. The number of carbonyl (C=O) groups is 4. The first-order valence-electron chi connectivity index (χ1n) is 20.8. The molecule has 0 aliphatic carbocycles. The van der Waals surface area contributed by atoms with E-state index in [9.17, 15) is 39.6 Å². The molecule has 0 aromatic heterocycles. The summed E-state index contributed by atoms with van der Waals surface area (Å²) in [7, 11) is 0. The van der Waals surface area contributed by atoms with Gasteiger partial charge in [-0.2, -0.15) is 0 Å². The SMILES string of the molecule is CC(C)(C)c1cc(C(=O)O)ccc1OC(=O)c1cc(C(C)(C)C)c([O-])c(C(C)(C)C)c1.CC(C)(C)c1cc(C(=O)O)ccc1OC(=O)c1cc(C(C)(C)C)c([O-])c(C(C)(C)C)c1.[Ni+2]. The van der Waals surface area contributed by atoms with Gasteiger partial charge >= 0.3 is 40.4 Å². The summed E-state index contributed by atoms with van der Waals surface area (Å²) in [4.78, 5) is 49.1. The number of hydrogen-bond acceptors (Lipinski definition) is 8. The van der Waals surface area contributed by atoms with Crippen molar-refractivity contribution in [1.82, 2.24) is 0 Å². The second-order valence-corrected chi connectivity index (χ2v) is 22.1. The second kappa shape index (κ2) is 18.9. The van der Waals surface area contributed by atoms with Gasteiger partial charge in [0.15, 0.2) is 0 Å². The molecule has 4 aromatic carbocycles. The first-order valence-corrected chi connectivity index (χ1v) is 20.8. The molecule has 10 nitrogen and oxygen atoms in total. The van der Waals surface area contributed by atoms with E-state index in [1.165, 1.54) is 36.4 Å². The van der Waals surface area contributed by atoms with E-state index in [-0.39, 0.29) is 39.1 Å². The molecule has 0 bridgehead atoms. The van der Waals surface area contributed by atoms with E-state index in [2.05, 4.69) is 0 Å². The molecule has 0 spiro atoms. The zero-order chi connectivity index (χ0) is 47.9. The van der Waals surface area contributed by atoms with Gasteiger partial charge in [0.25, 0.3) is 0 Å². The summed E-state index contributed by atoms with van der Waals surface area (Å²) >= 11 is 0. The van der Waals surface area contributed by atoms with Crippen molar-refractivity contribution in [3.05, 3.63) is 116 Å². The van der Waals surface area contributed by atoms with Crippen LogP contribution >= 0.6 is 0 Å². The van der Waals surface area contributed by atoms with E-state index in [4.69, 9.17) is 9.47 Å². The number of rotatable bonds is 6. The number of carbonyl (C=O) groups excluding carboxylic acids is 2. The maximum absolute atomic E-state index is 13.1. The molecule has 63 heavy (non-hydrogen) atoms. The van der Waals surface area contributed by atoms with Crippen molar-refractivity contribution in [3.63, 3.8) is 0 Å². The largest absolute Gasteiger partial charge is 2.00 e. The van der Waals surface area contributed by atoms with Gasteiger partial charge in [-0.25, -0.2) is 19.2 Å². The average Bonchev–Trinajstić information content (AvgIpc) is 3.09. The Bertz CT molecular complexity index is 2130. The number of carboxylic acids is 2. The van der Waals surface area contributed by atoms with Crippen LogP contribution in [0.15, 0.2) is 60.7 Å². The summed E-state index contributed by atoms with van der Waals surface area (Å²) in [6.45, 7) is 34.8. The Morgan fingerprint density at radius 2 is 0.587 bits per heavy atom. The standard InChI is InChI=1S/2C26H34O5.Ni/c2*1-24(2,3)17-12-15(22(28)29)10-11-20(17)31-23(30)16-13-18(25(4,5)6)21(27)19(14-16)26(7,8)9;/h2*10-14,27H,1-9H3,(H,28,29);/q;;+2/p-2. The molecular weight excluding hydrogens is 843 g/mol. The Balaban J connectivity index is 0.000000427. The summed E-state index contributed by atoms with van der Waals surface area (Å²) in [5, 5.41) is 44.8. The van der Waals surface area contributed by atoms with Gasteiger partial charge in [-0.1, -0.05) is 125 Å². The third-order valence-electron chi connectivity index (χ3n) is 10.4. The van der Waals surface area contributed by atoms with Crippen LogP contribution in [-0.4, -0.2) is 34.1 Å². The quantitative estimate of drug-likeness (QED) is 0.108. The minimum Gasteiger partial charge on any atom is -0.872 e. The van der Waals surface area contributed by atoms with Crippen molar-refractivity contribution in [2.24, 2.45) is 0 Å². The number of hydrogen-bond donors (Lipinski definition) is 2. The molecular formula is C52H66NiO10. The number of ether oxygens (including phenoxy) is 2. The van der Waals surface area contributed by atoms with Crippen LogP contribution in [-0.2, 0) is 49.0 Å². The second-order valence-electron chi connectivity index (χ2n) is 22.1. The molecule has 4 rings (SSSR count). The van der Waals surface area contributed by atoms with Gasteiger partial charge in [0.2, 0.25) is 0 Å². The fourth-order valence-electron chi connectivity index (χ4n) is 6.72. The van der Waals surface area contributed by atoms with Crippen LogP contribution in [0.5, 0.6) is 23.0 Å². The summed E-state index contributed by atoms with van der Waals surface area (Å²) in [5.41, 5.74) is 1.72. The third-order valence-corrected chi connectivity index (χ3v) is 10.4. The van der Waals surface area contributed by atoms with E-state index in [0.29, 0.717) is 56.0 Å². The predicted molar refractivity (Wildman–Crippen MR) is 241 cm³/mol. The Morgan fingerprint density at radius 1 is 0.381 bits per heavy atom. The average molecular weight is 910 g/mol. The zero-order valence-electron chi connectivity index (χ0n) is 40.3. The Labute approximate surface area is 384 Å². The Kier molecular flexibility index (Phi) is 16.2. The number of carboxylic acid groups (broad SMARTS) is 2. The third kappa shape index (κ3) is 13.4. The maximum atomic E-state index is 13.1. The van der Waals surface area contributed by atoms with E-state index in [0.717, 1.165) is 0 Å². The molecule has 0 atom stereocenters. The van der Waals surface area contributed by atoms with Crippen LogP contribution in [0, 0.1) is 0 Å². The first-order chi connectivity index (χ1) is 27.8.